The fourth-order valence-corrected chi connectivity index (χ4v) is 3.94. The Morgan fingerprint density at radius 1 is 1.23 bits per heavy atom. The van der Waals surface area contributed by atoms with Crippen molar-refractivity contribution >= 4 is 29.0 Å². The second-order valence-corrected chi connectivity index (χ2v) is 7.82. The standard InChI is InChI=1S/C20H27N3O2S/c1-12-6-5-7-16(12)25-19(24)17-13(2)21-20(26)22-18(17)14-8-10-15(11-9-14)23(3)4/h8-12,16,18H,5-7H2,1-4H3,(H2,21,22,26)/t12-,16+,18-/m1/s1. The number of hydrogen-bond acceptors (Lipinski definition) is 4. The molecule has 0 aromatic heterocycles. The van der Waals surface area contributed by atoms with E-state index in [0.29, 0.717) is 16.6 Å². The van der Waals surface area contributed by atoms with Gasteiger partial charge in [-0.25, -0.2) is 4.79 Å². The molecule has 0 bridgehead atoms. The van der Waals surface area contributed by atoms with Crippen LogP contribution in [0.4, 0.5) is 5.69 Å². The molecule has 1 saturated carbocycles. The molecule has 1 aromatic carbocycles. The van der Waals surface area contributed by atoms with Crippen molar-refractivity contribution < 1.29 is 9.53 Å². The maximum atomic E-state index is 13.0. The van der Waals surface area contributed by atoms with Crippen LogP contribution in [0.5, 0.6) is 0 Å². The number of rotatable bonds is 4. The van der Waals surface area contributed by atoms with Crippen LogP contribution in [0.2, 0.25) is 0 Å². The number of anilines is 1. The number of esters is 1. The quantitative estimate of drug-likeness (QED) is 0.624. The van der Waals surface area contributed by atoms with E-state index in [1.165, 1.54) is 0 Å². The monoisotopic (exact) mass is 373 g/mol. The molecule has 0 unspecified atom stereocenters. The molecule has 26 heavy (non-hydrogen) atoms. The van der Waals surface area contributed by atoms with Gasteiger partial charge in [-0.2, -0.15) is 0 Å². The van der Waals surface area contributed by atoms with E-state index < -0.39 is 0 Å². The fraction of sp³-hybridized carbons (Fsp3) is 0.500. The minimum absolute atomic E-state index is 0.00782. The van der Waals surface area contributed by atoms with E-state index in [1.54, 1.807) is 0 Å². The van der Waals surface area contributed by atoms with Crippen LogP contribution in [0.25, 0.3) is 0 Å². The van der Waals surface area contributed by atoms with E-state index in [4.69, 9.17) is 17.0 Å². The van der Waals surface area contributed by atoms with Crippen LogP contribution in [0.3, 0.4) is 0 Å². The first-order valence-electron chi connectivity index (χ1n) is 9.13. The molecule has 0 amide bonds. The summed E-state index contributed by atoms with van der Waals surface area (Å²) in [4.78, 5) is 15.0. The van der Waals surface area contributed by atoms with Crippen LogP contribution in [-0.2, 0) is 9.53 Å². The summed E-state index contributed by atoms with van der Waals surface area (Å²) in [6.45, 7) is 4.03. The van der Waals surface area contributed by atoms with Crippen LogP contribution >= 0.6 is 12.2 Å². The molecule has 1 aromatic rings. The average Bonchev–Trinajstić information content (AvgIpc) is 2.99. The lowest BCUT2D eigenvalue weighted by Crippen LogP contribution is -2.45. The minimum atomic E-state index is -0.302. The van der Waals surface area contributed by atoms with Gasteiger partial charge >= 0.3 is 5.97 Å². The average molecular weight is 374 g/mol. The normalized spacial score (nSPS) is 25.5. The maximum Gasteiger partial charge on any atom is 0.338 e. The third-order valence-electron chi connectivity index (χ3n) is 5.27. The second kappa shape index (κ2) is 7.66. The van der Waals surface area contributed by atoms with E-state index in [-0.39, 0.29) is 18.1 Å². The maximum absolute atomic E-state index is 13.0. The topological polar surface area (TPSA) is 53.6 Å². The van der Waals surface area contributed by atoms with Gasteiger partial charge in [-0.05, 0) is 62.0 Å². The molecule has 0 spiro atoms. The second-order valence-electron chi connectivity index (χ2n) is 7.41. The van der Waals surface area contributed by atoms with Gasteiger partial charge in [0.15, 0.2) is 5.11 Å². The molecule has 6 heteroatoms. The van der Waals surface area contributed by atoms with Crippen molar-refractivity contribution in [2.75, 3.05) is 19.0 Å². The first kappa shape index (κ1) is 18.7. The summed E-state index contributed by atoms with van der Waals surface area (Å²) in [6, 6.07) is 7.84. The highest BCUT2D eigenvalue weighted by atomic mass is 32.1. The molecule has 1 aliphatic carbocycles. The molecule has 3 atom stereocenters. The van der Waals surface area contributed by atoms with E-state index in [0.717, 1.165) is 36.2 Å². The van der Waals surface area contributed by atoms with Gasteiger partial charge in [-0.15, -0.1) is 0 Å². The lowest BCUT2D eigenvalue weighted by Gasteiger charge is -2.31. The molecule has 5 nitrogen and oxygen atoms in total. The first-order valence-corrected chi connectivity index (χ1v) is 9.54. The predicted molar refractivity (Wildman–Crippen MR) is 108 cm³/mol. The zero-order chi connectivity index (χ0) is 18.8. The van der Waals surface area contributed by atoms with Gasteiger partial charge in [0.2, 0.25) is 0 Å². The van der Waals surface area contributed by atoms with Gasteiger partial charge in [0.05, 0.1) is 11.6 Å². The van der Waals surface area contributed by atoms with Gasteiger partial charge in [-0.3, -0.25) is 0 Å². The van der Waals surface area contributed by atoms with Crippen LogP contribution in [0.1, 0.15) is 44.7 Å². The Balaban J connectivity index is 1.87. The van der Waals surface area contributed by atoms with Gasteiger partial charge in [-0.1, -0.05) is 19.1 Å². The largest absolute Gasteiger partial charge is 0.459 e. The number of benzene rings is 1. The molecule has 3 rings (SSSR count). The Labute approximate surface area is 160 Å². The molecule has 140 valence electrons. The highest BCUT2D eigenvalue weighted by Gasteiger charge is 2.34. The summed E-state index contributed by atoms with van der Waals surface area (Å²) in [6.07, 6.45) is 3.19. The van der Waals surface area contributed by atoms with Crippen molar-refractivity contribution in [2.45, 2.75) is 45.3 Å². The number of thiocarbonyl (C=S) groups is 1. The van der Waals surface area contributed by atoms with Crippen LogP contribution < -0.4 is 15.5 Å². The van der Waals surface area contributed by atoms with E-state index >= 15 is 0 Å². The Bertz CT molecular complexity index is 727. The number of hydrogen-bond donors (Lipinski definition) is 2. The summed E-state index contributed by atoms with van der Waals surface area (Å²) in [7, 11) is 4.01. The van der Waals surface area contributed by atoms with Gasteiger partial charge in [0.25, 0.3) is 0 Å². The number of ether oxygens (including phenoxy) is 1. The summed E-state index contributed by atoms with van der Waals surface area (Å²) < 4.78 is 5.85. The van der Waals surface area contributed by atoms with Crippen LogP contribution in [0.15, 0.2) is 35.5 Å². The molecular formula is C20H27N3O2S. The highest BCUT2D eigenvalue weighted by Crippen LogP contribution is 2.32. The van der Waals surface area contributed by atoms with Gasteiger partial charge in [0, 0.05) is 25.5 Å². The lowest BCUT2D eigenvalue weighted by atomic mass is 9.95. The first-order chi connectivity index (χ1) is 12.4. The number of allylic oxidation sites excluding steroid dienone is 1. The van der Waals surface area contributed by atoms with Crippen molar-refractivity contribution in [3.8, 4) is 0 Å². The van der Waals surface area contributed by atoms with Crippen molar-refractivity contribution in [3.05, 3.63) is 41.1 Å². The summed E-state index contributed by atoms with van der Waals surface area (Å²) in [5.41, 5.74) is 3.46. The number of carbonyl (C=O) groups is 1. The van der Waals surface area contributed by atoms with Gasteiger partial charge < -0.3 is 20.3 Å². The fourth-order valence-electron chi connectivity index (χ4n) is 3.67. The number of nitrogens with zero attached hydrogens (tertiary/aromatic N) is 1. The van der Waals surface area contributed by atoms with Crippen molar-refractivity contribution in [3.63, 3.8) is 0 Å². The third kappa shape index (κ3) is 3.85. The smallest absolute Gasteiger partial charge is 0.338 e. The predicted octanol–water partition coefficient (Wildman–Crippen LogP) is 3.28. The zero-order valence-corrected chi connectivity index (χ0v) is 16.7. The van der Waals surface area contributed by atoms with Crippen LogP contribution in [-0.4, -0.2) is 31.3 Å². The minimum Gasteiger partial charge on any atom is -0.459 e. The molecule has 2 N–H and O–H groups in total. The third-order valence-corrected chi connectivity index (χ3v) is 5.49. The Morgan fingerprint density at radius 2 is 1.92 bits per heavy atom. The molecule has 1 heterocycles. The molecule has 0 saturated heterocycles. The Hall–Kier alpha value is -2.08. The molecule has 2 aliphatic rings. The SMILES string of the molecule is CC1=C(C(=O)O[C@H]2CCC[C@H]2C)[C@@H](c2ccc(N(C)C)cc2)NC(=S)N1. The Morgan fingerprint density at radius 3 is 2.50 bits per heavy atom. The Kier molecular flexibility index (Phi) is 5.51. The molecular weight excluding hydrogens is 346 g/mol. The van der Waals surface area contributed by atoms with Gasteiger partial charge in [0.1, 0.15) is 6.10 Å². The molecule has 1 aliphatic heterocycles. The van der Waals surface area contributed by atoms with Crippen molar-refractivity contribution in [1.29, 1.82) is 0 Å². The van der Waals surface area contributed by atoms with E-state index in [9.17, 15) is 4.79 Å². The summed E-state index contributed by atoms with van der Waals surface area (Å²) in [5, 5.41) is 6.82. The molecule has 1 fully saturated rings. The number of carbonyl (C=O) groups excluding carboxylic acids is 1. The summed E-state index contributed by atoms with van der Waals surface area (Å²) in [5.74, 6) is 0.161. The highest BCUT2D eigenvalue weighted by molar-refractivity contribution is 7.80. The van der Waals surface area contributed by atoms with Crippen molar-refractivity contribution in [1.82, 2.24) is 10.6 Å². The summed E-state index contributed by atoms with van der Waals surface area (Å²) >= 11 is 5.31. The van der Waals surface area contributed by atoms with Crippen molar-refractivity contribution in [2.24, 2.45) is 5.92 Å². The number of nitrogens with one attached hydrogen (secondary N) is 2. The molecule has 0 radical (unpaired) electrons. The lowest BCUT2D eigenvalue weighted by molar-refractivity contribution is -0.146. The van der Waals surface area contributed by atoms with E-state index in [1.807, 2.05) is 50.2 Å². The van der Waals surface area contributed by atoms with E-state index in [2.05, 4.69) is 17.6 Å². The van der Waals surface area contributed by atoms with Crippen LogP contribution in [0, 0.1) is 5.92 Å². The zero-order valence-electron chi connectivity index (χ0n) is 15.8.